The minimum atomic E-state index is 0.0399. The minimum Gasteiger partial charge on any atom is -0.324 e. The summed E-state index contributed by atoms with van der Waals surface area (Å²) in [4.78, 5) is 14.3. The molecule has 1 amide bonds. The van der Waals surface area contributed by atoms with Crippen LogP contribution in [0.5, 0.6) is 0 Å². The maximum Gasteiger partial charge on any atom is 0.238 e. The lowest BCUT2D eigenvalue weighted by atomic mass is 10.1. The Morgan fingerprint density at radius 3 is 2.95 bits per heavy atom. The maximum atomic E-state index is 12.1. The molecule has 0 aliphatic carbocycles. The monoisotopic (exact) mass is 403 g/mol. The van der Waals surface area contributed by atoms with E-state index in [4.69, 9.17) is 0 Å². The van der Waals surface area contributed by atoms with E-state index >= 15 is 0 Å². The van der Waals surface area contributed by atoms with Crippen molar-refractivity contribution in [3.8, 4) is 0 Å². The van der Waals surface area contributed by atoms with Crippen LogP contribution in [0.15, 0.2) is 27.1 Å². The van der Waals surface area contributed by atoms with Gasteiger partial charge in [-0.05, 0) is 66.6 Å². The van der Waals surface area contributed by atoms with Gasteiger partial charge in [0.2, 0.25) is 5.91 Å². The summed E-state index contributed by atoms with van der Waals surface area (Å²) in [6, 6.07) is 5.73. The Balaban J connectivity index is 1.84. The highest BCUT2D eigenvalue weighted by molar-refractivity contribution is 9.11. The molecule has 0 radical (unpaired) electrons. The Bertz CT molecular complexity index is 481. The lowest BCUT2D eigenvalue weighted by Crippen LogP contribution is -2.32. The molecule has 1 unspecified atom stereocenters. The SMILES string of the molecule is CNCC1CCN(CC(=O)Nc2ccc(Br)cc2Br)C1. The van der Waals surface area contributed by atoms with E-state index in [0.29, 0.717) is 12.5 Å². The molecule has 20 heavy (non-hydrogen) atoms. The lowest BCUT2D eigenvalue weighted by Gasteiger charge is -2.16. The summed E-state index contributed by atoms with van der Waals surface area (Å²) >= 11 is 6.85. The van der Waals surface area contributed by atoms with Gasteiger partial charge < -0.3 is 10.6 Å². The average molecular weight is 405 g/mol. The van der Waals surface area contributed by atoms with Crippen molar-refractivity contribution < 1.29 is 4.79 Å². The molecule has 1 aromatic carbocycles. The molecule has 2 N–H and O–H groups in total. The van der Waals surface area contributed by atoms with Gasteiger partial charge in [0, 0.05) is 15.5 Å². The van der Waals surface area contributed by atoms with Crippen LogP contribution in [0.4, 0.5) is 5.69 Å². The van der Waals surface area contributed by atoms with Crippen LogP contribution in [0.1, 0.15) is 6.42 Å². The van der Waals surface area contributed by atoms with Crippen molar-refractivity contribution in [2.45, 2.75) is 6.42 Å². The molecule has 0 aromatic heterocycles. The Kier molecular flexibility index (Phi) is 6.01. The van der Waals surface area contributed by atoms with Gasteiger partial charge in [-0.15, -0.1) is 0 Å². The number of anilines is 1. The number of rotatable bonds is 5. The van der Waals surface area contributed by atoms with Crippen LogP contribution in [-0.2, 0) is 4.79 Å². The summed E-state index contributed by atoms with van der Waals surface area (Å²) in [5.74, 6) is 0.699. The van der Waals surface area contributed by atoms with E-state index in [1.54, 1.807) is 0 Å². The highest BCUT2D eigenvalue weighted by Gasteiger charge is 2.23. The van der Waals surface area contributed by atoms with E-state index in [1.807, 2.05) is 25.2 Å². The number of halogens is 2. The number of carbonyl (C=O) groups is 1. The van der Waals surface area contributed by atoms with Crippen LogP contribution in [0.2, 0.25) is 0 Å². The summed E-state index contributed by atoms with van der Waals surface area (Å²) in [5, 5.41) is 6.15. The Morgan fingerprint density at radius 2 is 2.25 bits per heavy atom. The predicted octanol–water partition coefficient (Wildman–Crippen LogP) is 2.69. The second-order valence-electron chi connectivity index (χ2n) is 5.12. The third-order valence-corrected chi connectivity index (χ3v) is 4.58. The van der Waals surface area contributed by atoms with Crippen molar-refractivity contribution in [2.75, 3.05) is 38.5 Å². The second kappa shape index (κ2) is 7.54. The molecule has 0 saturated carbocycles. The van der Waals surface area contributed by atoms with Crippen molar-refractivity contribution in [3.05, 3.63) is 27.1 Å². The third-order valence-electron chi connectivity index (χ3n) is 3.44. The van der Waals surface area contributed by atoms with Crippen LogP contribution in [0, 0.1) is 5.92 Å². The van der Waals surface area contributed by atoms with Crippen LogP contribution in [0.3, 0.4) is 0 Å². The summed E-state index contributed by atoms with van der Waals surface area (Å²) in [5.41, 5.74) is 0.809. The summed E-state index contributed by atoms with van der Waals surface area (Å²) < 4.78 is 1.87. The van der Waals surface area contributed by atoms with Crippen molar-refractivity contribution in [1.82, 2.24) is 10.2 Å². The number of amides is 1. The van der Waals surface area contributed by atoms with E-state index in [1.165, 1.54) is 0 Å². The molecule has 0 spiro atoms. The van der Waals surface area contributed by atoms with Crippen molar-refractivity contribution >= 4 is 43.5 Å². The normalized spacial score (nSPS) is 19.2. The fraction of sp³-hybridized carbons (Fsp3) is 0.500. The van der Waals surface area contributed by atoms with Crippen LogP contribution < -0.4 is 10.6 Å². The van der Waals surface area contributed by atoms with Gasteiger partial charge >= 0.3 is 0 Å². The first kappa shape index (κ1) is 15.9. The van der Waals surface area contributed by atoms with E-state index in [9.17, 15) is 4.79 Å². The molecule has 4 nitrogen and oxygen atoms in total. The standard InChI is InChI=1S/C14H19Br2N3O/c1-17-7-10-4-5-19(8-10)9-14(20)18-13-3-2-11(15)6-12(13)16/h2-3,6,10,17H,4-5,7-9H2,1H3,(H,18,20). The van der Waals surface area contributed by atoms with Crippen LogP contribution in [-0.4, -0.2) is 44.0 Å². The molecule has 110 valence electrons. The van der Waals surface area contributed by atoms with Crippen LogP contribution >= 0.6 is 31.9 Å². The molecule has 6 heteroatoms. The van der Waals surface area contributed by atoms with Gasteiger partial charge in [0.25, 0.3) is 0 Å². The van der Waals surface area contributed by atoms with Crippen molar-refractivity contribution in [1.29, 1.82) is 0 Å². The van der Waals surface area contributed by atoms with E-state index in [0.717, 1.165) is 40.7 Å². The topological polar surface area (TPSA) is 44.4 Å². The number of hydrogen-bond donors (Lipinski definition) is 2. The average Bonchev–Trinajstić information content (AvgIpc) is 2.81. The molecular formula is C14H19Br2N3O. The molecule has 1 fully saturated rings. The molecule has 0 bridgehead atoms. The van der Waals surface area contributed by atoms with Gasteiger partial charge in [0.05, 0.1) is 12.2 Å². The van der Waals surface area contributed by atoms with Gasteiger partial charge in [-0.1, -0.05) is 15.9 Å². The number of carbonyl (C=O) groups excluding carboxylic acids is 1. The molecule has 1 aliphatic rings. The van der Waals surface area contributed by atoms with Crippen LogP contribution in [0.25, 0.3) is 0 Å². The van der Waals surface area contributed by atoms with Crippen molar-refractivity contribution in [3.63, 3.8) is 0 Å². The van der Waals surface area contributed by atoms with Gasteiger partial charge in [-0.2, -0.15) is 0 Å². The molecular weight excluding hydrogens is 386 g/mol. The van der Waals surface area contributed by atoms with E-state index in [-0.39, 0.29) is 5.91 Å². The minimum absolute atomic E-state index is 0.0399. The largest absolute Gasteiger partial charge is 0.324 e. The zero-order chi connectivity index (χ0) is 14.5. The van der Waals surface area contributed by atoms with Gasteiger partial charge in [0.15, 0.2) is 0 Å². The Morgan fingerprint density at radius 1 is 1.45 bits per heavy atom. The highest BCUT2D eigenvalue weighted by Crippen LogP contribution is 2.26. The maximum absolute atomic E-state index is 12.1. The molecule has 1 aliphatic heterocycles. The fourth-order valence-electron chi connectivity index (χ4n) is 2.50. The summed E-state index contributed by atoms with van der Waals surface area (Å²) in [6.07, 6.45) is 1.16. The smallest absolute Gasteiger partial charge is 0.238 e. The lowest BCUT2D eigenvalue weighted by molar-refractivity contribution is -0.117. The third kappa shape index (κ3) is 4.55. The first-order chi connectivity index (χ1) is 9.58. The van der Waals surface area contributed by atoms with Gasteiger partial charge in [-0.3, -0.25) is 9.69 Å². The van der Waals surface area contributed by atoms with E-state index in [2.05, 4.69) is 47.4 Å². The number of nitrogens with zero attached hydrogens (tertiary/aromatic N) is 1. The number of likely N-dealkylation sites (tertiary alicyclic amines) is 1. The number of nitrogens with one attached hydrogen (secondary N) is 2. The summed E-state index contributed by atoms with van der Waals surface area (Å²) in [7, 11) is 1.97. The quantitative estimate of drug-likeness (QED) is 0.792. The molecule has 1 saturated heterocycles. The molecule has 2 rings (SSSR count). The second-order valence-corrected chi connectivity index (χ2v) is 6.89. The number of hydrogen-bond acceptors (Lipinski definition) is 3. The first-order valence-electron chi connectivity index (χ1n) is 6.70. The Labute approximate surface area is 136 Å². The highest BCUT2D eigenvalue weighted by atomic mass is 79.9. The zero-order valence-electron chi connectivity index (χ0n) is 11.5. The van der Waals surface area contributed by atoms with Gasteiger partial charge in [-0.25, -0.2) is 0 Å². The Hall–Kier alpha value is -0.430. The van der Waals surface area contributed by atoms with E-state index < -0.39 is 0 Å². The van der Waals surface area contributed by atoms with Crippen molar-refractivity contribution in [2.24, 2.45) is 5.92 Å². The number of benzene rings is 1. The molecule has 1 atom stereocenters. The molecule has 1 heterocycles. The summed E-state index contributed by atoms with van der Waals surface area (Å²) in [6.45, 7) is 3.48. The zero-order valence-corrected chi connectivity index (χ0v) is 14.6. The first-order valence-corrected chi connectivity index (χ1v) is 8.29. The fourth-order valence-corrected chi connectivity index (χ4v) is 3.64. The predicted molar refractivity (Wildman–Crippen MR) is 88.9 cm³/mol. The van der Waals surface area contributed by atoms with Gasteiger partial charge in [0.1, 0.15) is 0 Å². The molecule has 1 aromatic rings.